The lowest BCUT2D eigenvalue weighted by atomic mass is 10.2. The number of hydrogen-bond acceptors (Lipinski definition) is 5. The predicted octanol–water partition coefficient (Wildman–Crippen LogP) is -3.08. The van der Waals surface area contributed by atoms with Gasteiger partial charge in [-0.05, 0) is 17.8 Å². The minimum Gasteiger partial charge on any atom is -1.00 e. The van der Waals surface area contributed by atoms with E-state index in [0.717, 1.165) is 11.8 Å². The van der Waals surface area contributed by atoms with Crippen molar-refractivity contribution >= 4 is 22.6 Å². The maximum atomic E-state index is 11.0. The zero-order valence-corrected chi connectivity index (χ0v) is 12.8. The number of amidine groups is 1. The molecule has 0 radical (unpaired) electrons. The molecule has 1 rings (SSSR count). The third kappa shape index (κ3) is 4.60. The van der Waals surface area contributed by atoms with Gasteiger partial charge in [-0.1, -0.05) is 0 Å². The predicted molar refractivity (Wildman–Crippen MR) is 68.6 cm³/mol. The van der Waals surface area contributed by atoms with E-state index in [-0.39, 0.29) is 27.8 Å². The van der Waals surface area contributed by atoms with E-state index in [1.807, 2.05) is 0 Å². The standard InChI is InChI=1S/C10H13N3O4S.BrH/c1-16-8-3-6(5-18-10(11)12)7(13(14)15)4-9(8)17-2;/h3-4H,5H2,1-2H3,(H3,11,12);1H. The van der Waals surface area contributed by atoms with Gasteiger partial charge in [-0.3, -0.25) is 21.3 Å². The molecule has 1 aromatic rings. The van der Waals surface area contributed by atoms with E-state index in [0.29, 0.717) is 22.8 Å². The number of thioether (sulfide) groups is 1. The molecule has 0 aliphatic rings. The van der Waals surface area contributed by atoms with E-state index >= 15 is 0 Å². The lowest BCUT2D eigenvalue weighted by molar-refractivity contribution is -0.385. The average molecular weight is 352 g/mol. The Balaban J connectivity index is 0.00000324. The van der Waals surface area contributed by atoms with Crippen molar-refractivity contribution in [3.05, 3.63) is 27.8 Å². The quantitative estimate of drug-likeness (QED) is 0.252. The molecule has 9 heteroatoms. The van der Waals surface area contributed by atoms with Crippen molar-refractivity contribution in [2.24, 2.45) is 5.73 Å². The summed E-state index contributed by atoms with van der Waals surface area (Å²) < 4.78 is 10.1. The van der Waals surface area contributed by atoms with Gasteiger partial charge in [-0.15, -0.1) is 0 Å². The molecule has 0 aromatic heterocycles. The number of halogens is 1. The van der Waals surface area contributed by atoms with Crippen LogP contribution < -0.4 is 37.6 Å². The molecule has 0 atom stereocenters. The van der Waals surface area contributed by atoms with Crippen LogP contribution >= 0.6 is 11.8 Å². The molecule has 0 saturated heterocycles. The van der Waals surface area contributed by atoms with Gasteiger partial charge in [0.05, 0.1) is 25.2 Å². The molecule has 106 valence electrons. The van der Waals surface area contributed by atoms with Gasteiger partial charge in [0.25, 0.3) is 10.9 Å². The fourth-order valence-electron chi connectivity index (χ4n) is 1.36. The number of methoxy groups -OCH3 is 2. The molecule has 19 heavy (non-hydrogen) atoms. The molecule has 0 amide bonds. The van der Waals surface area contributed by atoms with Crippen LogP contribution in [0.15, 0.2) is 12.1 Å². The van der Waals surface area contributed by atoms with E-state index in [1.54, 1.807) is 6.07 Å². The summed E-state index contributed by atoms with van der Waals surface area (Å²) in [4.78, 5) is 10.5. The zero-order chi connectivity index (χ0) is 13.7. The van der Waals surface area contributed by atoms with Crippen molar-refractivity contribution in [3.63, 3.8) is 0 Å². The van der Waals surface area contributed by atoms with E-state index in [4.69, 9.17) is 20.6 Å². The molecule has 0 unspecified atom stereocenters. The lowest BCUT2D eigenvalue weighted by Crippen LogP contribution is -3.00. The second kappa shape index (κ2) is 7.85. The molecule has 0 aliphatic carbocycles. The Morgan fingerprint density at radius 1 is 1.42 bits per heavy atom. The second-order valence-corrected chi connectivity index (χ2v) is 4.33. The average Bonchev–Trinajstić information content (AvgIpc) is 2.34. The molecule has 0 aliphatic heterocycles. The first-order valence-electron chi connectivity index (χ1n) is 4.89. The number of hydrogen-bond donors (Lipinski definition) is 2. The van der Waals surface area contributed by atoms with Gasteiger partial charge in [0.15, 0.2) is 11.5 Å². The maximum Gasteiger partial charge on any atom is 0.300 e. The van der Waals surface area contributed by atoms with Crippen LogP contribution in [0.2, 0.25) is 0 Å². The topological polar surface area (TPSA) is 113 Å². The van der Waals surface area contributed by atoms with Crippen LogP contribution in [0, 0.1) is 10.1 Å². The van der Waals surface area contributed by atoms with Crippen molar-refractivity contribution in [1.29, 1.82) is 0 Å². The highest BCUT2D eigenvalue weighted by molar-refractivity contribution is 8.12. The molecule has 1 aromatic carbocycles. The van der Waals surface area contributed by atoms with Crippen LogP contribution in [0.1, 0.15) is 5.56 Å². The Labute approximate surface area is 124 Å². The Bertz CT molecular complexity index is 484. The third-order valence-corrected chi connectivity index (χ3v) is 2.96. The minimum atomic E-state index is -0.482. The van der Waals surface area contributed by atoms with Crippen LogP contribution in [0.4, 0.5) is 5.69 Å². The van der Waals surface area contributed by atoms with Crippen LogP contribution in [-0.2, 0) is 5.75 Å². The fraction of sp³-hybridized carbons (Fsp3) is 0.300. The molecule has 7 nitrogen and oxygen atoms in total. The Morgan fingerprint density at radius 2 is 1.95 bits per heavy atom. The third-order valence-electron chi connectivity index (χ3n) is 2.18. The number of nitro groups is 1. The summed E-state index contributed by atoms with van der Waals surface area (Å²) in [7, 11) is 2.88. The van der Waals surface area contributed by atoms with E-state index in [1.165, 1.54) is 20.3 Å². The smallest absolute Gasteiger partial charge is 0.300 e. The minimum absolute atomic E-state index is 0. The number of rotatable bonds is 5. The lowest BCUT2D eigenvalue weighted by Gasteiger charge is -2.09. The number of nitrogens with zero attached hydrogens (tertiary/aromatic N) is 1. The highest BCUT2D eigenvalue weighted by Gasteiger charge is 2.20. The molecule has 0 heterocycles. The Morgan fingerprint density at radius 3 is 2.37 bits per heavy atom. The summed E-state index contributed by atoms with van der Waals surface area (Å²) >= 11 is 1.12. The zero-order valence-electron chi connectivity index (χ0n) is 10.4. The van der Waals surface area contributed by atoms with Crippen LogP contribution in [0.3, 0.4) is 0 Å². The number of ether oxygens (including phenoxy) is 2. The van der Waals surface area contributed by atoms with Crippen LogP contribution in [-0.4, -0.2) is 24.3 Å². The highest BCUT2D eigenvalue weighted by atomic mass is 79.9. The van der Waals surface area contributed by atoms with E-state index < -0.39 is 4.92 Å². The first-order valence-corrected chi connectivity index (χ1v) is 5.88. The van der Waals surface area contributed by atoms with Crippen molar-refractivity contribution in [3.8, 4) is 11.5 Å². The maximum absolute atomic E-state index is 11.0. The van der Waals surface area contributed by atoms with E-state index in [9.17, 15) is 10.1 Å². The molecular formula is C10H14BrN3O4S. The molecule has 0 bridgehead atoms. The summed E-state index contributed by atoms with van der Waals surface area (Å²) in [5, 5.41) is 16.4. The van der Waals surface area contributed by atoms with Gasteiger partial charge < -0.3 is 26.5 Å². The summed E-state index contributed by atoms with van der Waals surface area (Å²) in [6.07, 6.45) is 0. The molecule has 4 N–H and O–H groups in total. The molecular weight excluding hydrogens is 338 g/mol. The number of benzene rings is 1. The number of nitrogens with two attached hydrogens (primary N) is 2. The highest BCUT2D eigenvalue weighted by Crippen LogP contribution is 2.35. The van der Waals surface area contributed by atoms with Crippen molar-refractivity contribution in [1.82, 2.24) is 0 Å². The first-order chi connectivity index (χ1) is 8.49. The summed E-state index contributed by atoms with van der Waals surface area (Å²) in [6, 6.07) is 2.87. The molecule has 0 fully saturated rings. The summed E-state index contributed by atoms with van der Waals surface area (Å²) in [5.74, 6) is 1.02. The Hall–Kier alpha value is -1.48. The van der Waals surface area contributed by atoms with Crippen molar-refractivity contribution < 1.29 is 36.8 Å². The van der Waals surface area contributed by atoms with Crippen LogP contribution in [0.25, 0.3) is 0 Å². The largest absolute Gasteiger partial charge is 1.00 e. The molecule has 0 spiro atoms. The number of nitro benzene ring substituents is 1. The first kappa shape index (κ1) is 17.5. The van der Waals surface area contributed by atoms with Gasteiger partial charge in [-0.2, -0.15) is 0 Å². The van der Waals surface area contributed by atoms with Gasteiger partial charge in [-0.25, -0.2) is 0 Å². The van der Waals surface area contributed by atoms with Crippen LogP contribution in [0.5, 0.6) is 11.5 Å². The fourth-order valence-corrected chi connectivity index (χ4v) is 1.91. The van der Waals surface area contributed by atoms with Crippen molar-refractivity contribution in [2.75, 3.05) is 14.2 Å². The summed E-state index contributed by atoms with van der Waals surface area (Å²) in [5.41, 5.74) is 5.74. The van der Waals surface area contributed by atoms with E-state index in [2.05, 4.69) is 0 Å². The van der Waals surface area contributed by atoms with Gasteiger partial charge in [0.1, 0.15) is 0 Å². The van der Waals surface area contributed by atoms with Gasteiger partial charge in [0, 0.05) is 11.3 Å². The SMILES string of the molecule is COc1cc(CSC(N)=[NH2+])c([N+](=O)[O-])cc1OC.[Br-]. The monoisotopic (exact) mass is 351 g/mol. The summed E-state index contributed by atoms with van der Waals surface area (Å²) in [6.45, 7) is 0. The van der Waals surface area contributed by atoms with Crippen molar-refractivity contribution in [2.45, 2.75) is 5.75 Å². The second-order valence-electron chi connectivity index (χ2n) is 3.28. The Kier molecular flexibility index (Phi) is 7.23. The normalized spacial score (nSPS) is 9.37. The van der Waals surface area contributed by atoms with Gasteiger partial charge in [0.2, 0.25) is 0 Å². The molecule has 0 saturated carbocycles. The van der Waals surface area contributed by atoms with Gasteiger partial charge >= 0.3 is 0 Å².